The van der Waals surface area contributed by atoms with E-state index in [1.807, 2.05) is 6.92 Å². The van der Waals surface area contributed by atoms with Crippen LogP contribution >= 0.6 is 0 Å². The Labute approximate surface area is 163 Å². The van der Waals surface area contributed by atoms with Gasteiger partial charge in [-0.1, -0.05) is 20.1 Å². The van der Waals surface area contributed by atoms with E-state index in [4.69, 9.17) is 19.3 Å². The Morgan fingerprint density at radius 3 is 2.50 bits per heavy atom. The minimum absolute atomic E-state index is 0.0786. The van der Waals surface area contributed by atoms with Crippen molar-refractivity contribution in [1.29, 1.82) is 0 Å². The fourth-order valence-corrected chi connectivity index (χ4v) is 5.30. The van der Waals surface area contributed by atoms with Crippen LogP contribution in [0.25, 0.3) is 0 Å². The van der Waals surface area contributed by atoms with E-state index < -0.39 is 54.5 Å². The van der Waals surface area contributed by atoms with E-state index in [0.717, 1.165) is 0 Å². The first-order chi connectivity index (χ1) is 13.2. The van der Waals surface area contributed by atoms with Crippen LogP contribution in [-0.2, 0) is 23.8 Å². The quantitative estimate of drug-likeness (QED) is 0.448. The normalized spacial score (nSPS) is 41.7. The molecule has 0 bridgehead atoms. The molecular formula is C20H28O8. The summed E-state index contributed by atoms with van der Waals surface area (Å²) in [5, 5.41) is 30.4. The van der Waals surface area contributed by atoms with Gasteiger partial charge >= 0.3 is 11.9 Å². The number of aliphatic hydroxyl groups excluding tert-OH is 3. The highest BCUT2D eigenvalue weighted by atomic mass is 16.6. The number of aliphatic hydroxyl groups is 3. The number of rotatable bonds is 5. The van der Waals surface area contributed by atoms with Crippen molar-refractivity contribution in [3.8, 4) is 0 Å². The smallest absolute Gasteiger partial charge is 0.336 e. The maximum Gasteiger partial charge on any atom is 0.336 e. The van der Waals surface area contributed by atoms with Crippen molar-refractivity contribution in [1.82, 2.24) is 0 Å². The molecule has 3 N–H and O–H groups in total. The molecule has 1 heterocycles. The van der Waals surface area contributed by atoms with Gasteiger partial charge in [-0.3, -0.25) is 0 Å². The largest absolute Gasteiger partial charge is 0.466 e. The molecule has 28 heavy (non-hydrogen) atoms. The second-order valence-electron chi connectivity index (χ2n) is 8.23. The number of ether oxygens (including phenoxy) is 3. The van der Waals surface area contributed by atoms with Gasteiger partial charge in [0.15, 0.2) is 6.29 Å². The number of carbonyl (C=O) groups is 2. The fraction of sp³-hybridized carbons (Fsp3) is 0.700. The Morgan fingerprint density at radius 1 is 1.21 bits per heavy atom. The monoisotopic (exact) mass is 396 g/mol. The molecule has 3 rings (SSSR count). The van der Waals surface area contributed by atoms with Gasteiger partial charge in [0.05, 0.1) is 37.4 Å². The summed E-state index contributed by atoms with van der Waals surface area (Å²) in [5.74, 6) is -2.61. The summed E-state index contributed by atoms with van der Waals surface area (Å²) >= 11 is 0. The summed E-state index contributed by atoms with van der Waals surface area (Å²) in [6.45, 7) is 8.64. The predicted molar refractivity (Wildman–Crippen MR) is 96.6 cm³/mol. The van der Waals surface area contributed by atoms with E-state index in [1.54, 1.807) is 0 Å². The molecular weight excluding hydrogens is 368 g/mol. The number of hydrogen-bond donors (Lipinski definition) is 3. The molecule has 8 atom stereocenters. The molecule has 156 valence electrons. The van der Waals surface area contributed by atoms with E-state index in [-0.39, 0.29) is 29.4 Å². The lowest BCUT2D eigenvalue weighted by Gasteiger charge is -2.54. The topological polar surface area (TPSA) is 123 Å². The van der Waals surface area contributed by atoms with Gasteiger partial charge < -0.3 is 29.5 Å². The highest BCUT2D eigenvalue weighted by Gasteiger charge is 2.65. The standard InChI is InChI=1S/C20H28O8/c1-9(8-21)17(23)27-12-7-20(3)13(22)6-5-11-15(20)16(28-19(11)25)14(12)10(2)18(24)26-4/h11-16,19,21-22,25H,1-2,5-8H2,3-4H3/t11-,12+,13-,14-,15?,16?,19?,20+/m1/s1. The van der Waals surface area contributed by atoms with Crippen molar-refractivity contribution >= 4 is 11.9 Å². The summed E-state index contributed by atoms with van der Waals surface area (Å²) in [4.78, 5) is 24.5. The Balaban J connectivity index is 2.01. The van der Waals surface area contributed by atoms with Crippen molar-refractivity contribution in [2.45, 2.75) is 50.8 Å². The van der Waals surface area contributed by atoms with E-state index in [2.05, 4.69) is 13.2 Å². The van der Waals surface area contributed by atoms with Gasteiger partial charge in [0.25, 0.3) is 0 Å². The molecule has 3 unspecified atom stereocenters. The average molecular weight is 396 g/mol. The fourth-order valence-electron chi connectivity index (χ4n) is 5.30. The first kappa shape index (κ1) is 21.0. The molecule has 3 aliphatic rings. The van der Waals surface area contributed by atoms with Crippen molar-refractivity contribution in [2.24, 2.45) is 23.2 Å². The Bertz CT molecular complexity index is 688. The second-order valence-corrected chi connectivity index (χ2v) is 8.23. The minimum atomic E-state index is -1.03. The van der Waals surface area contributed by atoms with Gasteiger partial charge in [0.1, 0.15) is 6.10 Å². The number of methoxy groups -OCH3 is 1. The molecule has 2 saturated carbocycles. The predicted octanol–water partition coefficient (Wildman–Crippen LogP) is 0.306. The molecule has 3 fully saturated rings. The van der Waals surface area contributed by atoms with Gasteiger partial charge in [0.2, 0.25) is 0 Å². The summed E-state index contributed by atoms with van der Waals surface area (Å²) in [6, 6.07) is 0. The summed E-state index contributed by atoms with van der Waals surface area (Å²) in [7, 11) is 1.23. The molecule has 8 nitrogen and oxygen atoms in total. The van der Waals surface area contributed by atoms with Crippen LogP contribution in [0.4, 0.5) is 0 Å². The maximum atomic E-state index is 12.3. The third-order valence-corrected chi connectivity index (χ3v) is 6.76. The SMILES string of the molecule is C=C(CO)C(=O)O[C@H]1C[C@]2(C)C3C(OC(O)[C@@H]3CC[C@H]2O)[C@@H]1C(=C)C(=O)OC. The lowest BCUT2D eigenvalue weighted by molar-refractivity contribution is -0.183. The van der Waals surface area contributed by atoms with Crippen LogP contribution in [0, 0.1) is 23.2 Å². The third kappa shape index (κ3) is 3.18. The molecule has 0 radical (unpaired) electrons. The van der Waals surface area contributed by atoms with Crippen molar-refractivity contribution < 1.29 is 39.1 Å². The average Bonchev–Trinajstić information content (AvgIpc) is 3.00. The highest BCUT2D eigenvalue weighted by Crippen LogP contribution is 2.60. The van der Waals surface area contributed by atoms with Gasteiger partial charge in [-0.25, -0.2) is 9.59 Å². The summed E-state index contributed by atoms with van der Waals surface area (Å²) in [6.07, 6.45) is -1.86. The first-order valence-electron chi connectivity index (χ1n) is 9.44. The molecule has 0 spiro atoms. The zero-order chi connectivity index (χ0) is 20.8. The van der Waals surface area contributed by atoms with Gasteiger partial charge in [-0.05, 0) is 19.3 Å². The van der Waals surface area contributed by atoms with Gasteiger partial charge in [-0.2, -0.15) is 0 Å². The van der Waals surface area contributed by atoms with E-state index >= 15 is 0 Å². The van der Waals surface area contributed by atoms with E-state index in [0.29, 0.717) is 12.8 Å². The first-order valence-corrected chi connectivity index (χ1v) is 9.44. The molecule has 1 saturated heterocycles. The van der Waals surface area contributed by atoms with Crippen LogP contribution in [-0.4, -0.2) is 65.6 Å². The summed E-state index contributed by atoms with van der Waals surface area (Å²) < 4.78 is 16.2. The third-order valence-electron chi connectivity index (χ3n) is 6.76. The van der Waals surface area contributed by atoms with Crippen LogP contribution < -0.4 is 0 Å². The molecule has 2 aliphatic carbocycles. The molecule has 8 heteroatoms. The van der Waals surface area contributed by atoms with Crippen molar-refractivity contribution in [2.75, 3.05) is 13.7 Å². The lowest BCUT2D eigenvalue weighted by atomic mass is 9.52. The number of esters is 2. The van der Waals surface area contributed by atoms with Crippen LogP contribution in [0.1, 0.15) is 26.2 Å². The Kier molecular flexibility index (Phi) is 5.69. The second kappa shape index (κ2) is 7.59. The van der Waals surface area contributed by atoms with Crippen LogP contribution in [0.5, 0.6) is 0 Å². The highest BCUT2D eigenvalue weighted by molar-refractivity contribution is 5.89. The molecule has 0 aromatic rings. The molecule has 1 aliphatic heterocycles. The van der Waals surface area contributed by atoms with Crippen LogP contribution in [0.3, 0.4) is 0 Å². The number of hydrogen-bond acceptors (Lipinski definition) is 8. The lowest BCUT2D eigenvalue weighted by Crippen LogP contribution is -2.59. The molecule has 0 amide bonds. The van der Waals surface area contributed by atoms with Gasteiger partial charge in [-0.15, -0.1) is 0 Å². The zero-order valence-electron chi connectivity index (χ0n) is 16.2. The van der Waals surface area contributed by atoms with Crippen molar-refractivity contribution in [3.05, 3.63) is 24.3 Å². The van der Waals surface area contributed by atoms with Crippen LogP contribution in [0.15, 0.2) is 24.3 Å². The van der Waals surface area contributed by atoms with Gasteiger partial charge in [0, 0.05) is 22.8 Å². The Hall–Kier alpha value is -1.74. The molecule has 0 aromatic heterocycles. The van der Waals surface area contributed by atoms with Crippen molar-refractivity contribution in [3.63, 3.8) is 0 Å². The van der Waals surface area contributed by atoms with E-state index in [1.165, 1.54) is 7.11 Å². The minimum Gasteiger partial charge on any atom is -0.466 e. The van der Waals surface area contributed by atoms with E-state index in [9.17, 15) is 19.8 Å². The summed E-state index contributed by atoms with van der Waals surface area (Å²) in [5.41, 5.74) is -0.720. The number of carbonyl (C=O) groups excluding carboxylic acids is 2. The maximum absolute atomic E-state index is 12.3. The zero-order valence-corrected chi connectivity index (χ0v) is 16.2. The molecule has 0 aromatic carbocycles. The van der Waals surface area contributed by atoms with Crippen LogP contribution in [0.2, 0.25) is 0 Å². The Morgan fingerprint density at radius 2 is 1.89 bits per heavy atom.